The van der Waals surface area contributed by atoms with Crippen LogP contribution in [0.15, 0.2) is 18.2 Å². The van der Waals surface area contributed by atoms with Crippen LogP contribution in [0.1, 0.15) is 33.4 Å². The van der Waals surface area contributed by atoms with Crippen LogP contribution in [0, 0.1) is 5.82 Å². The maximum absolute atomic E-state index is 13.9. The van der Waals surface area contributed by atoms with Crippen molar-refractivity contribution in [2.45, 2.75) is 19.9 Å². The molecule has 0 bridgehead atoms. The Balaban J connectivity index is 2.06. The van der Waals surface area contributed by atoms with Crippen molar-refractivity contribution in [3.8, 4) is 0 Å². The number of nitrogens with one attached hydrogen (secondary N) is 1. The summed E-state index contributed by atoms with van der Waals surface area (Å²) in [6.45, 7) is 1.96. The Morgan fingerprint density at radius 1 is 1.52 bits per heavy atom. The zero-order valence-corrected chi connectivity index (χ0v) is 12.9. The average molecular weight is 324 g/mol. The summed E-state index contributed by atoms with van der Waals surface area (Å²) in [6, 6.07) is 4.43. The van der Waals surface area contributed by atoms with E-state index in [0.29, 0.717) is 28.1 Å². The molecule has 0 atom stereocenters. The molecule has 8 heteroatoms. The van der Waals surface area contributed by atoms with Gasteiger partial charge in [-0.2, -0.15) is 0 Å². The molecule has 0 spiro atoms. The van der Waals surface area contributed by atoms with Crippen LogP contribution < -0.4 is 11.1 Å². The number of carbonyl (C=O) groups excluding carboxylic acids is 1. The van der Waals surface area contributed by atoms with Crippen molar-refractivity contribution >= 4 is 34.6 Å². The second-order valence-corrected chi connectivity index (χ2v) is 5.45. The molecule has 0 saturated heterocycles. The molecule has 0 unspecified atom stereocenters. The maximum Gasteiger partial charge on any atom is 0.265 e. The van der Waals surface area contributed by atoms with Crippen LogP contribution >= 0.6 is 23.8 Å². The Bertz CT molecular complexity index is 687. The minimum Gasteiger partial charge on any atom is -0.389 e. The van der Waals surface area contributed by atoms with Gasteiger partial charge in [0.25, 0.3) is 5.91 Å². The molecule has 0 aliphatic carbocycles. The molecule has 0 aliphatic rings. The first-order valence-corrected chi connectivity index (χ1v) is 7.38. The zero-order chi connectivity index (χ0) is 15.4. The molecule has 1 aromatic carbocycles. The molecule has 21 heavy (non-hydrogen) atoms. The molecule has 0 radical (unpaired) electrons. The van der Waals surface area contributed by atoms with Crippen molar-refractivity contribution in [2.75, 3.05) is 0 Å². The predicted octanol–water partition coefficient (Wildman–Crippen LogP) is 1.80. The van der Waals surface area contributed by atoms with E-state index in [0.717, 1.165) is 11.5 Å². The molecule has 0 fully saturated rings. The van der Waals surface area contributed by atoms with Crippen LogP contribution in [-0.2, 0) is 13.0 Å². The van der Waals surface area contributed by atoms with Gasteiger partial charge in [-0.1, -0.05) is 35.8 Å². The number of amides is 1. The van der Waals surface area contributed by atoms with Gasteiger partial charge >= 0.3 is 0 Å². The first-order chi connectivity index (χ1) is 10.0. The van der Waals surface area contributed by atoms with Crippen LogP contribution in [0.3, 0.4) is 0 Å². The summed E-state index contributed by atoms with van der Waals surface area (Å²) < 4.78 is 17.6. The SMILES string of the molecule is CCc1nnsc1C(=O)NCc1ccc(C(N)=S)cc1F. The lowest BCUT2D eigenvalue weighted by Gasteiger charge is -2.07. The number of thiocarbonyl (C=S) groups is 1. The van der Waals surface area contributed by atoms with E-state index in [-0.39, 0.29) is 17.4 Å². The third-order valence-electron chi connectivity index (χ3n) is 2.87. The fraction of sp³-hybridized carbons (Fsp3) is 0.231. The number of aromatic nitrogens is 2. The lowest BCUT2D eigenvalue weighted by molar-refractivity contribution is 0.0953. The van der Waals surface area contributed by atoms with Crippen molar-refractivity contribution < 1.29 is 9.18 Å². The Hall–Kier alpha value is -1.93. The van der Waals surface area contributed by atoms with Gasteiger partial charge < -0.3 is 11.1 Å². The van der Waals surface area contributed by atoms with E-state index < -0.39 is 5.82 Å². The van der Waals surface area contributed by atoms with Crippen molar-refractivity contribution in [3.05, 3.63) is 45.7 Å². The molecule has 2 rings (SSSR count). The van der Waals surface area contributed by atoms with Gasteiger partial charge in [0.05, 0.1) is 5.69 Å². The van der Waals surface area contributed by atoms with Crippen LogP contribution in [0.4, 0.5) is 4.39 Å². The van der Waals surface area contributed by atoms with Crippen LogP contribution in [0.25, 0.3) is 0 Å². The molecule has 0 saturated carbocycles. The number of carbonyl (C=O) groups is 1. The molecule has 1 heterocycles. The maximum atomic E-state index is 13.9. The smallest absolute Gasteiger partial charge is 0.265 e. The Labute approximate surface area is 130 Å². The van der Waals surface area contributed by atoms with E-state index in [9.17, 15) is 9.18 Å². The van der Waals surface area contributed by atoms with E-state index in [1.165, 1.54) is 6.07 Å². The van der Waals surface area contributed by atoms with Gasteiger partial charge in [0.1, 0.15) is 15.7 Å². The standard InChI is InChI=1S/C13H13FN4OS2/c1-2-10-11(21-18-17-10)13(19)16-6-8-4-3-7(12(15)20)5-9(8)14/h3-5H,2,6H2,1H3,(H2,15,20)(H,16,19). The first-order valence-electron chi connectivity index (χ1n) is 6.20. The van der Waals surface area contributed by atoms with Gasteiger partial charge in [0.2, 0.25) is 0 Å². The van der Waals surface area contributed by atoms with Gasteiger partial charge in [-0.3, -0.25) is 4.79 Å². The van der Waals surface area contributed by atoms with E-state index in [4.69, 9.17) is 18.0 Å². The number of hydrogen-bond donors (Lipinski definition) is 2. The average Bonchev–Trinajstić information content (AvgIpc) is 2.94. The zero-order valence-electron chi connectivity index (χ0n) is 11.2. The fourth-order valence-corrected chi connectivity index (χ4v) is 2.51. The molecule has 3 N–H and O–H groups in total. The largest absolute Gasteiger partial charge is 0.389 e. The lowest BCUT2D eigenvalue weighted by Crippen LogP contribution is -2.23. The topological polar surface area (TPSA) is 80.9 Å². The lowest BCUT2D eigenvalue weighted by atomic mass is 10.1. The summed E-state index contributed by atoms with van der Waals surface area (Å²) in [4.78, 5) is 12.6. The van der Waals surface area contributed by atoms with E-state index in [1.54, 1.807) is 12.1 Å². The number of aryl methyl sites for hydroxylation is 1. The second-order valence-electron chi connectivity index (χ2n) is 4.26. The van der Waals surface area contributed by atoms with Gasteiger partial charge in [0, 0.05) is 17.7 Å². The van der Waals surface area contributed by atoms with Gasteiger partial charge in [-0.25, -0.2) is 4.39 Å². The Kier molecular flexibility index (Phi) is 4.92. The predicted molar refractivity (Wildman–Crippen MR) is 82.7 cm³/mol. The van der Waals surface area contributed by atoms with Crippen LogP contribution in [0.5, 0.6) is 0 Å². The molecular formula is C13H13FN4OS2. The number of nitrogens with zero attached hydrogens (tertiary/aromatic N) is 2. The third-order valence-corrected chi connectivity index (χ3v) is 3.88. The van der Waals surface area contributed by atoms with E-state index in [1.807, 2.05) is 6.92 Å². The monoisotopic (exact) mass is 324 g/mol. The first kappa shape index (κ1) is 15.5. The van der Waals surface area contributed by atoms with Gasteiger partial charge in [-0.05, 0) is 24.0 Å². The highest BCUT2D eigenvalue weighted by Gasteiger charge is 2.15. The molecule has 5 nitrogen and oxygen atoms in total. The highest BCUT2D eigenvalue weighted by atomic mass is 32.1. The van der Waals surface area contributed by atoms with Gasteiger partial charge in [0.15, 0.2) is 0 Å². The summed E-state index contributed by atoms with van der Waals surface area (Å²) >= 11 is 5.81. The normalized spacial score (nSPS) is 10.4. The van der Waals surface area contributed by atoms with Crippen molar-refractivity contribution in [2.24, 2.45) is 5.73 Å². The number of benzene rings is 1. The third kappa shape index (κ3) is 3.59. The van der Waals surface area contributed by atoms with Crippen molar-refractivity contribution in [1.82, 2.24) is 14.9 Å². The summed E-state index contributed by atoms with van der Waals surface area (Å²) in [7, 11) is 0. The minimum absolute atomic E-state index is 0.0728. The highest BCUT2D eigenvalue weighted by molar-refractivity contribution is 7.80. The molecular weight excluding hydrogens is 311 g/mol. The minimum atomic E-state index is -0.459. The van der Waals surface area contributed by atoms with Crippen molar-refractivity contribution in [1.29, 1.82) is 0 Å². The Morgan fingerprint density at radius 3 is 2.90 bits per heavy atom. The van der Waals surface area contributed by atoms with E-state index in [2.05, 4.69) is 14.9 Å². The van der Waals surface area contributed by atoms with Crippen LogP contribution in [0.2, 0.25) is 0 Å². The molecule has 2 aromatic rings. The molecule has 0 aliphatic heterocycles. The molecule has 1 amide bonds. The summed E-state index contributed by atoms with van der Waals surface area (Å²) in [5, 5.41) is 6.52. The Morgan fingerprint density at radius 2 is 2.29 bits per heavy atom. The summed E-state index contributed by atoms with van der Waals surface area (Å²) in [6.07, 6.45) is 0.621. The number of rotatable bonds is 5. The second kappa shape index (κ2) is 6.68. The molecule has 1 aromatic heterocycles. The number of hydrogen-bond acceptors (Lipinski definition) is 5. The van der Waals surface area contributed by atoms with Crippen molar-refractivity contribution in [3.63, 3.8) is 0 Å². The fourth-order valence-electron chi connectivity index (χ4n) is 1.71. The summed E-state index contributed by atoms with van der Waals surface area (Å²) in [5.41, 5.74) is 6.89. The van der Waals surface area contributed by atoms with E-state index >= 15 is 0 Å². The van der Waals surface area contributed by atoms with Crippen LogP contribution in [-0.4, -0.2) is 20.5 Å². The molecule has 110 valence electrons. The quantitative estimate of drug-likeness (QED) is 0.820. The highest BCUT2D eigenvalue weighted by Crippen LogP contribution is 2.13. The van der Waals surface area contributed by atoms with Gasteiger partial charge in [-0.15, -0.1) is 5.10 Å². The summed E-state index contributed by atoms with van der Waals surface area (Å²) in [5.74, 6) is -0.765. The number of nitrogens with two attached hydrogens (primary N) is 1. The number of halogens is 1.